The van der Waals surface area contributed by atoms with Crippen molar-refractivity contribution in [3.8, 4) is 0 Å². The lowest BCUT2D eigenvalue weighted by Gasteiger charge is -2.44. The highest BCUT2D eigenvalue weighted by Gasteiger charge is 2.34. The zero-order valence-electron chi connectivity index (χ0n) is 10.2. The number of hydrogen-bond donors (Lipinski definition) is 1. The first-order valence-electron chi connectivity index (χ1n) is 6.51. The summed E-state index contributed by atoms with van der Waals surface area (Å²) in [7, 11) is 0. The van der Waals surface area contributed by atoms with Gasteiger partial charge in [0.1, 0.15) is 5.82 Å². The van der Waals surface area contributed by atoms with Crippen LogP contribution in [0.5, 0.6) is 0 Å². The Morgan fingerprint density at radius 2 is 2.11 bits per heavy atom. The molecule has 3 saturated heterocycles. The van der Waals surface area contributed by atoms with Gasteiger partial charge in [-0.25, -0.2) is 4.39 Å². The molecule has 0 saturated carbocycles. The first-order chi connectivity index (χ1) is 8.72. The predicted molar refractivity (Wildman–Crippen MR) is 66.8 cm³/mol. The molecule has 1 amide bonds. The third-order valence-electron chi connectivity index (χ3n) is 4.06. The van der Waals surface area contributed by atoms with Crippen molar-refractivity contribution >= 4 is 5.91 Å². The van der Waals surface area contributed by atoms with Gasteiger partial charge in [0.15, 0.2) is 0 Å². The molecule has 3 aliphatic rings. The summed E-state index contributed by atoms with van der Waals surface area (Å²) in [5.41, 5.74) is 0.409. The minimum Gasteiger partial charge on any atom is -0.348 e. The predicted octanol–water partition coefficient (Wildman–Crippen LogP) is 1.65. The highest BCUT2D eigenvalue weighted by molar-refractivity contribution is 5.94. The Kier molecular flexibility index (Phi) is 3.04. The Hall–Kier alpha value is -1.42. The SMILES string of the molecule is O=C(N[C@H]1CN2CCC1CC2)c1cccc(F)c1. The van der Waals surface area contributed by atoms with Crippen LogP contribution < -0.4 is 5.32 Å². The molecule has 96 valence electrons. The molecule has 3 nitrogen and oxygen atoms in total. The summed E-state index contributed by atoms with van der Waals surface area (Å²) in [4.78, 5) is 14.4. The summed E-state index contributed by atoms with van der Waals surface area (Å²) < 4.78 is 13.1. The highest BCUT2D eigenvalue weighted by Crippen LogP contribution is 2.27. The number of halogens is 1. The van der Waals surface area contributed by atoms with E-state index in [9.17, 15) is 9.18 Å². The number of hydrogen-bond acceptors (Lipinski definition) is 2. The molecule has 0 spiro atoms. The molecule has 1 atom stereocenters. The maximum atomic E-state index is 13.1. The van der Waals surface area contributed by atoms with Crippen molar-refractivity contribution in [2.45, 2.75) is 18.9 Å². The van der Waals surface area contributed by atoms with Gasteiger partial charge >= 0.3 is 0 Å². The molecule has 0 radical (unpaired) electrons. The molecular weight excluding hydrogens is 231 g/mol. The van der Waals surface area contributed by atoms with E-state index in [0.29, 0.717) is 11.5 Å². The minimum atomic E-state index is -0.364. The Bertz CT molecular complexity index is 455. The first-order valence-corrected chi connectivity index (χ1v) is 6.51. The van der Waals surface area contributed by atoms with Gasteiger partial charge in [-0.3, -0.25) is 4.79 Å². The largest absolute Gasteiger partial charge is 0.348 e. The standard InChI is InChI=1S/C14H17FN2O/c15-12-3-1-2-11(8-12)14(18)16-13-9-17-6-4-10(13)5-7-17/h1-3,8,10,13H,4-7,9H2,(H,16,18)/t13-/m0/s1. The summed E-state index contributed by atoms with van der Waals surface area (Å²) >= 11 is 0. The van der Waals surface area contributed by atoms with Crippen molar-refractivity contribution in [2.75, 3.05) is 19.6 Å². The molecule has 0 aliphatic carbocycles. The number of benzene rings is 1. The van der Waals surface area contributed by atoms with Gasteiger partial charge in [-0.15, -0.1) is 0 Å². The number of fused-ring (bicyclic) bond motifs is 3. The second-order valence-electron chi connectivity index (χ2n) is 5.23. The topological polar surface area (TPSA) is 32.3 Å². The third-order valence-corrected chi connectivity index (χ3v) is 4.06. The van der Waals surface area contributed by atoms with E-state index in [0.717, 1.165) is 32.5 Å². The van der Waals surface area contributed by atoms with Gasteiger partial charge in [-0.05, 0) is 50.0 Å². The summed E-state index contributed by atoms with van der Waals surface area (Å²) in [5, 5.41) is 3.05. The van der Waals surface area contributed by atoms with Crippen molar-refractivity contribution in [1.82, 2.24) is 10.2 Å². The van der Waals surface area contributed by atoms with Gasteiger partial charge in [-0.2, -0.15) is 0 Å². The summed E-state index contributed by atoms with van der Waals surface area (Å²) in [5.74, 6) is 0.0670. The zero-order valence-corrected chi connectivity index (χ0v) is 10.2. The molecule has 1 aromatic rings. The smallest absolute Gasteiger partial charge is 0.251 e. The van der Waals surface area contributed by atoms with Crippen molar-refractivity contribution in [1.29, 1.82) is 0 Å². The van der Waals surface area contributed by atoms with Crippen LogP contribution in [0.3, 0.4) is 0 Å². The molecule has 3 heterocycles. The van der Waals surface area contributed by atoms with Crippen molar-refractivity contribution in [3.05, 3.63) is 35.6 Å². The van der Waals surface area contributed by atoms with Crippen LogP contribution in [0.25, 0.3) is 0 Å². The zero-order chi connectivity index (χ0) is 12.5. The van der Waals surface area contributed by atoms with Crippen LogP contribution in [-0.4, -0.2) is 36.5 Å². The van der Waals surface area contributed by atoms with E-state index in [-0.39, 0.29) is 17.8 Å². The Morgan fingerprint density at radius 3 is 2.72 bits per heavy atom. The normalized spacial score (nSPS) is 30.2. The van der Waals surface area contributed by atoms with Gasteiger partial charge < -0.3 is 10.2 Å². The van der Waals surface area contributed by atoms with E-state index < -0.39 is 0 Å². The molecule has 3 fully saturated rings. The van der Waals surface area contributed by atoms with Crippen LogP contribution >= 0.6 is 0 Å². The van der Waals surface area contributed by atoms with Gasteiger partial charge in [0, 0.05) is 18.2 Å². The van der Waals surface area contributed by atoms with Gasteiger partial charge in [-0.1, -0.05) is 6.07 Å². The Labute approximate surface area is 106 Å². The molecule has 4 heteroatoms. The Balaban J connectivity index is 1.68. The molecule has 2 bridgehead atoms. The number of nitrogens with zero attached hydrogens (tertiary/aromatic N) is 1. The van der Waals surface area contributed by atoms with Crippen LogP contribution in [-0.2, 0) is 0 Å². The lowest BCUT2D eigenvalue weighted by atomic mass is 9.84. The fourth-order valence-corrected chi connectivity index (χ4v) is 3.01. The maximum Gasteiger partial charge on any atom is 0.251 e. The van der Waals surface area contributed by atoms with Crippen LogP contribution in [0.1, 0.15) is 23.2 Å². The number of carbonyl (C=O) groups excluding carboxylic acids is 1. The van der Waals surface area contributed by atoms with Crippen LogP contribution in [0.4, 0.5) is 4.39 Å². The average molecular weight is 248 g/mol. The Morgan fingerprint density at radius 1 is 1.33 bits per heavy atom. The average Bonchev–Trinajstić information content (AvgIpc) is 2.40. The number of amides is 1. The van der Waals surface area contributed by atoms with E-state index in [1.807, 2.05) is 0 Å². The summed E-state index contributed by atoms with van der Waals surface area (Å²) in [6.07, 6.45) is 2.32. The first kappa shape index (κ1) is 11.7. The van der Waals surface area contributed by atoms with E-state index in [2.05, 4.69) is 10.2 Å². The quantitative estimate of drug-likeness (QED) is 0.863. The van der Waals surface area contributed by atoms with Gasteiger partial charge in [0.05, 0.1) is 0 Å². The molecule has 3 aliphatic heterocycles. The monoisotopic (exact) mass is 248 g/mol. The van der Waals surface area contributed by atoms with Crippen LogP contribution in [0, 0.1) is 11.7 Å². The fourth-order valence-electron chi connectivity index (χ4n) is 3.01. The number of rotatable bonds is 2. The molecule has 1 N–H and O–H groups in total. The molecule has 4 rings (SSSR count). The summed E-state index contributed by atoms with van der Waals surface area (Å²) in [6.45, 7) is 3.24. The lowest BCUT2D eigenvalue weighted by Crippen LogP contribution is -2.57. The summed E-state index contributed by atoms with van der Waals surface area (Å²) in [6, 6.07) is 6.09. The maximum absolute atomic E-state index is 13.1. The van der Waals surface area contributed by atoms with E-state index in [1.54, 1.807) is 12.1 Å². The number of nitrogens with one attached hydrogen (secondary N) is 1. The van der Waals surface area contributed by atoms with Crippen LogP contribution in [0.15, 0.2) is 24.3 Å². The minimum absolute atomic E-state index is 0.159. The fraction of sp³-hybridized carbons (Fsp3) is 0.500. The van der Waals surface area contributed by atoms with E-state index in [1.165, 1.54) is 12.1 Å². The molecule has 0 unspecified atom stereocenters. The van der Waals surface area contributed by atoms with Gasteiger partial charge in [0.25, 0.3) is 5.91 Å². The second kappa shape index (κ2) is 4.69. The lowest BCUT2D eigenvalue weighted by molar-refractivity contribution is 0.0620. The van der Waals surface area contributed by atoms with Crippen molar-refractivity contribution < 1.29 is 9.18 Å². The second-order valence-corrected chi connectivity index (χ2v) is 5.23. The van der Waals surface area contributed by atoms with Crippen molar-refractivity contribution in [3.63, 3.8) is 0 Å². The van der Waals surface area contributed by atoms with E-state index >= 15 is 0 Å². The molecule has 0 aromatic heterocycles. The van der Waals surface area contributed by atoms with E-state index in [4.69, 9.17) is 0 Å². The highest BCUT2D eigenvalue weighted by atomic mass is 19.1. The molecule has 1 aromatic carbocycles. The third kappa shape index (κ3) is 2.25. The number of carbonyl (C=O) groups is 1. The van der Waals surface area contributed by atoms with Crippen molar-refractivity contribution in [2.24, 2.45) is 5.92 Å². The molecule has 18 heavy (non-hydrogen) atoms. The van der Waals surface area contributed by atoms with Crippen LogP contribution in [0.2, 0.25) is 0 Å². The van der Waals surface area contributed by atoms with Gasteiger partial charge in [0.2, 0.25) is 0 Å². The molecular formula is C14H17FN2O. The number of piperidine rings is 3.